The summed E-state index contributed by atoms with van der Waals surface area (Å²) in [4.78, 5) is 0. The molecule has 0 saturated carbocycles. The summed E-state index contributed by atoms with van der Waals surface area (Å²) in [6.45, 7) is 6.36. The number of aryl methyl sites for hydroxylation is 1. The van der Waals surface area contributed by atoms with Crippen molar-refractivity contribution in [1.82, 2.24) is 0 Å². The van der Waals surface area contributed by atoms with Crippen LogP contribution in [0.4, 0.5) is 0 Å². The van der Waals surface area contributed by atoms with Gasteiger partial charge in [0, 0.05) is 5.56 Å². The van der Waals surface area contributed by atoms with Gasteiger partial charge in [-0.3, -0.25) is 0 Å². The van der Waals surface area contributed by atoms with E-state index in [0.717, 1.165) is 11.3 Å². The molecule has 0 aliphatic rings. The summed E-state index contributed by atoms with van der Waals surface area (Å²) in [6, 6.07) is 16.4. The smallest absolute Gasteiger partial charge is 0.126 e. The zero-order valence-corrected chi connectivity index (χ0v) is 11.7. The van der Waals surface area contributed by atoms with Gasteiger partial charge in [0.25, 0.3) is 0 Å². The molecule has 0 fully saturated rings. The SMILES string of the molecule is CCC.COc1ccccc1-c1ccccc1C. The Labute approximate surface area is 110 Å². The van der Waals surface area contributed by atoms with Crippen molar-refractivity contribution in [3.8, 4) is 16.9 Å². The summed E-state index contributed by atoms with van der Waals surface area (Å²) in [5.41, 5.74) is 3.65. The van der Waals surface area contributed by atoms with Gasteiger partial charge in [0.15, 0.2) is 0 Å². The summed E-state index contributed by atoms with van der Waals surface area (Å²) in [5.74, 6) is 0.923. The fourth-order valence-corrected chi connectivity index (χ4v) is 1.74. The number of rotatable bonds is 2. The predicted molar refractivity (Wildman–Crippen MR) is 79.1 cm³/mol. The Morgan fingerprint density at radius 2 is 1.33 bits per heavy atom. The fraction of sp³-hybridized carbons (Fsp3) is 0.294. The normalized spacial score (nSPS) is 9.33. The first-order valence-electron chi connectivity index (χ1n) is 6.43. The molecule has 0 amide bonds. The van der Waals surface area contributed by atoms with Crippen LogP contribution in [0.1, 0.15) is 25.8 Å². The molecule has 0 heterocycles. The average molecular weight is 242 g/mol. The van der Waals surface area contributed by atoms with Gasteiger partial charge in [0.2, 0.25) is 0 Å². The van der Waals surface area contributed by atoms with Crippen molar-refractivity contribution in [3.05, 3.63) is 54.1 Å². The highest BCUT2D eigenvalue weighted by atomic mass is 16.5. The quantitative estimate of drug-likeness (QED) is 0.713. The molecule has 0 radical (unpaired) electrons. The molecule has 0 aliphatic carbocycles. The van der Waals surface area contributed by atoms with Gasteiger partial charge in [-0.25, -0.2) is 0 Å². The molecule has 0 N–H and O–H groups in total. The lowest BCUT2D eigenvalue weighted by Gasteiger charge is -2.10. The molecular formula is C17H22O. The first kappa shape index (κ1) is 14.3. The molecule has 0 unspecified atom stereocenters. The minimum Gasteiger partial charge on any atom is -0.496 e. The summed E-state index contributed by atoms with van der Waals surface area (Å²) in [7, 11) is 1.71. The third kappa shape index (κ3) is 3.63. The molecule has 2 aromatic carbocycles. The molecule has 0 bridgehead atoms. The summed E-state index contributed by atoms with van der Waals surface area (Å²) in [6.07, 6.45) is 1.25. The highest BCUT2D eigenvalue weighted by Gasteiger charge is 2.05. The molecule has 96 valence electrons. The van der Waals surface area contributed by atoms with Crippen molar-refractivity contribution in [2.75, 3.05) is 7.11 Å². The van der Waals surface area contributed by atoms with Crippen molar-refractivity contribution in [3.63, 3.8) is 0 Å². The Kier molecular flexibility index (Phi) is 5.99. The van der Waals surface area contributed by atoms with Crippen molar-refractivity contribution in [2.24, 2.45) is 0 Å². The summed E-state index contributed by atoms with van der Waals surface area (Å²) < 4.78 is 5.35. The molecule has 0 aliphatic heterocycles. The van der Waals surface area contributed by atoms with Crippen LogP contribution in [0.15, 0.2) is 48.5 Å². The lowest BCUT2D eigenvalue weighted by Crippen LogP contribution is -1.88. The Morgan fingerprint density at radius 1 is 0.833 bits per heavy atom. The van der Waals surface area contributed by atoms with E-state index in [2.05, 4.69) is 45.0 Å². The Morgan fingerprint density at radius 3 is 1.89 bits per heavy atom. The lowest BCUT2D eigenvalue weighted by atomic mass is 10.00. The maximum Gasteiger partial charge on any atom is 0.126 e. The Bertz CT molecular complexity index is 475. The van der Waals surface area contributed by atoms with Crippen molar-refractivity contribution >= 4 is 0 Å². The van der Waals surface area contributed by atoms with E-state index in [1.807, 2.05) is 24.3 Å². The maximum absolute atomic E-state index is 5.35. The zero-order valence-electron chi connectivity index (χ0n) is 11.7. The van der Waals surface area contributed by atoms with Crippen molar-refractivity contribution in [1.29, 1.82) is 0 Å². The minimum atomic E-state index is 0.923. The largest absolute Gasteiger partial charge is 0.496 e. The van der Waals surface area contributed by atoms with Gasteiger partial charge in [-0.15, -0.1) is 0 Å². The van der Waals surface area contributed by atoms with E-state index in [1.54, 1.807) is 7.11 Å². The molecule has 0 saturated heterocycles. The standard InChI is InChI=1S/C14H14O.C3H8/c1-11-7-3-4-8-12(11)13-9-5-6-10-14(13)15-2;1-3-2/h3-10H,1-2H3;3H2,1-2H3. The second kappa shape index (κ2) is 7.54. The maximum atomic E-state index is 5.35. The van der Waals surface area contributed by atoms with Crippen LogP contribution in [-0.2, 0) is 0 Å². The molecule has 0 aromatic heterocycles. The molecule has 2 aromatic rings. The summed E-state index contributed by atoms with van der Waals surface area (Å²) >= 11 is 0. The third-order valence-corrected chi connectivity index (χ3v) is 2.54. The van der Waals surface area contributed by atoms with Crippen molar-refractivity contribution in [2.45, 2.75) is 27.2 Å². The molecular weight excluding hydrogens is 220 g/mol. The monoisotopic (exact) mass is 242 g/mol. The zero-order chi connectivity index (χ0) is 13.4. The van der Waals surface area contributed by atoms with E-state index in [4.69, 9.17) is 4.74 Å². The van der Waals surface area contributed by atoms with Gasteiger partial charge in [-0.2, -0.15) is 0 Å². The minimum absolute atomic E-state index is 0.923. The van der Waals surface area contributed by atoms with E-state index in [1.165, 1.54) is 17.5 Å². The van der Waals surface area contributed by atoms with E-state index in [0.29, 0.717) is 0 Å². The molecule has 18 heavy (non-hydrogen) atoms. The van der Waals surface area contributed by atoms with Crippen LogP contribution in [0.25, 0.3) is 11.1 Å². The van der Waals surface area contributed by atoms with E-state index < -0.39 is 0 Å². The number of benzene rings is 2. The van der Waals surface area contributed by atoms with E-state index in [-0.39, 0.29) is 0 Å². The van der Waals surface area contributed by atoms with Gasteiger partial charge in [-0.05, 0) is 24.1 Å². The Balaban J connectivity index is 0.000000492. The first-order chi connectivity index (χ1) is 8.74. The topological polar surface area (TPSA) is 9.23 Å². The number of ether oxygens (including phenoxy) is 1. The van der Waals surface area contributed by atoms with Crippen LogP contribution < -0.4 is 4.74 Å². The first-order valence-corrected chi connectivity index (χ1v) is 6.43. The molecule has 2 rings (SSSR count). The van der Waals surface area contributed by atoms with Crippen LogP contribution in [0.3, 0.4) is 0 Å². The van der Waals surface area contributed by atoms with Crippen LogP contribution in [0, 0.1) is 6.92 Å². The number of hydrogen-bond donors (Lipinski definition) is 0. The van der Waals surface area contributed by atoms with Gasteiger partial charge in [0.1, 0.15) is 5.75 Å². The predicted octanol–water partition coefficient (Wildman–Crippen LogP) is 5.09. The van der Waals surface area contributed by atoms with Crippen LogP contribution >= 0.6 is 0 Å². The van der Waals surface area contributed by atoms with Crippen LogP contribution in [-0.4, -0.2) is 7.11 Å². The van der Waals surface area contributed by atoms with Gasteiger partial charge in [-0.1, -0.05) is 62.7 Å². The number of para-hydroxylation sites is 1. The van der Waals surface area contributed by atoms with E-state index in [9.17, 15) is 0 Å². The van der Waals surface area contributed by atoms with Gasteiger partial charge in [0.05, 0.1) is 7.11 Å². The molecule has 0 atom stereocenters. The highest BCUT2D eigenvalue weighted by Crippen LogP contribution is 2.31. The van der Waals surface area contributed by atoms with Crippen LogP contribution in [0.5, 0.6) is 5.75 Å². The fourth-order valence-electron chi connectivity index (χ4n) is 1.74. The van der Waals surface area contributed by atoms with Crippen molar-refractivity contribution < 1.29 is 4.74 Å². The molecule has 0 spiro atoms. The van der Waals surface area contributed by atoms with E-state index >= 15 is 0 Å². The van der Waals surface area contributed by atoms with Gasteiger partial charge < -0.3 is 4.74 Å². The second-order valence-corrected chi connectivity index (χ2v) is 4.22. The number of methoxy groups -OCH3 is 1. The average Bonchev–Trinajstić information content (AvgIpc) is 2.40. The molecule has 1 heteroatoms. The third-order valence-electron chi connectivity index (χ3n) is 2.54. The lowest BCUT2D eigenvalue weighted by molar-refractivity contribution is 0.416. The van der Waals surface area contributed by atoms with Gasteiger partial charge >= 0.3 is 0 Å². The Hall–Kier alpha value is -1.76. The number of hydrogen-bond acceptors (Lipinski definition) is 1. The molecule has 1 nitrogen and oxygen atoms in total. The van der Waals surface area contributed by atoms with Crippen LogP contribution in [0.2, 0.25) is 0 Å². The summed E-state index contributed by atoms with van der Waals surface area (Å²) in [5, 5.41) is 0. The second-order valence-electron chi connectivity index (χ2n) is 4.22. The highest BCUT2D eigenvalue weighted by molar-refractivity contribution is 5.73.